The summed E-state index contributed by atoms with van der Waals surface area (Å²) in [6.07, 6.45) is -2.74. The molecule has 0 amide bonds. The molecule has 2 aliphatic rings. The summed E-state index contributed by atoms with van der Waals surface area (Å²) in [6, 6.07) is 1.85. The molecule has 2 saturated heterocycles. The third-order valence-electron chi connectivity index (χ3n) is 3.91. The van der Waals surface area contributed by atoms with Crippen molar-refractivity contribution in [2.75, 3.05) is 18.5 Å². The van der Waals surface area contributed by atoms with E-state index in [0.29, 0.717) is 0 Å². The minimum Gasteiger partial charge on any atom is -0.393 e. The van der Waals surface area contributed by atoms with Gasteiger partial charge in [0.2, 0.25) is 0 Å². The van der Waals surface area contributed by atoms with Gasteiger partial charge in [-0.1, -0.05) is 0 Å². The van der Waals surface area contributed by atoms with E-state index in [-0.39, 0.29) is 18.0 Å². The Labute approximate surface area is 124 Å². The van der Waals surface area contributed by atoms with Crippen molar-refractivity contribution in [1.82, 2.24) is 4.98 Å². The number of aliphatic hydroxyl groups excluding tert-OH is 3. The highest BCUT2D eigenvalue weighted by Crippen LogP contribution is 2.37. The Bertz CT molecular complexity index is 624. The van der Waals surface area contributed by atoms with Gasteiger partial charge in [-0.15, -0.1) is 0 Å². The lowest BCUT2D eigenvalue weighted by Crippen LogP contribution is -2.64. The van der Waals surface area contributed by atoms with Crippen LogP contribution < -0.4 is 5.32 Å². The molecule has 2 fully saturated rings. The molecule has 3 rings (SSSR count). The highest BCUT2D eigenvalue weighted by molar-refractivity contribution is 5.52. The number of aromatic nitrogens is 1. The molecule has 0 aromatic carbocycles. The average molecular weight is 311 g/mol. The topological polar surface area (TPSA) is 128 Å². The van der Waals surface area contributed by atoms with E-state index in [1.165, 1.54) is 0 Å². The second-order valence-corrected chi connectivity index (χ2v) is 5.29. The quantitative estimate of drug-likeness (QED) is 0.543. The fraction of sp³-hybridized carbons (Fsp3) is 0.538. The number of anilines is 1. The summed E-state index contributed by atoms with van der Waals surface area (Å²) in [5, 5.41) is 41.4. The van der Waals surface area contributed by atoms with Crippen LogP contribution in [0.5, 0.6) is 0 Å². The Morgan fingerprint density at radius 1 is 1.55 bits per heavy atom. The molecule has 0 spiro atoms. The largest absolute Gasteiger partial charge is 0.393 e. The van der Waals surface area contributed by atoms with Gasteiger partial charge in [-0.25, -0.2) is 9.37 Å². The van der Waals surface area contributed by atoms with Crippen LogP contribution in [0.15, 0.2) is 12.3 Å². The lowest BCUT2D eigenvalue weighted by molar-refractivity contribution is -0.224. The van der Waals surface area contributed by atoms with Gasteiger partial charge in [0.15, 0.2) is 6.29 Å². The Balaban J connectivity index is 1.86. The molecular weight excluding hydrogens is 297 g/mol. The van der Waals surface area contributed by atoms with Gasteiger partial charge in [0, 0.05) is 0 Å². The zero-order valence-corrected chi connectivity index (χ0v) is 11.3. The Hall–Kier alpha value is -1.83. The van der Waals surface area contributed by atoms with Crippen molar-refractivity contribution in [3.05, 3.63) is 23.6 Å². The first-order valence-corrected chi connectivity index (χ1v) is 6.59. The van der Waals surface area contributed by atoms with Gasteiger partial charge in [0.05, 0.1) is 25.0 Å². The normalized spacial score (nSPS) is 36.9. The fourth-order valence-corrected chi connectivity index (χ4v) is 2.65. The van der Waals surface area contributed by atoms with Gasteiger partial charge >= 0.3 is 0 Å². The number of nitrogens with zero attached hydrogens (tertiary/aromatic N) is 2. The molecule has 9 heteroatoms. The zero-order chi connectivity index (χ0) is 15.9. The number of pyridine rings is 1. The van der Waals surface area contributed by atoms with Crippen LogP contribution in [0.1, 0.15) is 5.56 Å². The van der Waals surface area contributed by atoms with Gasteiger partial charge in [-0.3, -0.25) is 0 Å². The van der Waals surface area contributed by atoms with E-state index in [1.54, 1.807) is 6.07 Å². The van der Waals surface area contributed by atoms with E-state index in [2.05, 4.69) is 10.3 Å². The number of aliphatic hydroxyl groups is 3. The molecule has 0 radical (unpaired) electrons. The lowest BCUT2D eigenvalue weighted by Gasteiger charge is -2.42. The van der Waals surface area contributed by atoms with Crippen molar-refractivity contribution in [2.45, 2.75) is 30.1 Å². The molecule has 0 aliphatic carbocycles. The number of hydrogen-bond donors (Lipinski definition) is 4. The smallest absolute Gasteiger partial charge is 0.181 e. The maximum Gasteiger partial charge on any atom is 0.181 e. The van der Waals surface area contributed by atoms with Crippen molar-refractivity contribution < 1.29 is 29.2 Å². The molecule has 0 saturated carbocycles. The fourth-order valence-electron chi connectivity index (χ4n) is 2.65. The highest BCUT2D eigenvalue weighted by Gasteiger charge is 2.59. The van der Waals surface area contributed by atoms with Crippen LogP contribution in [0.3, 0.4) is 0 Å². The Morgan fingerprint density at radius 2 is 2.32 bits per heavy atom. The van der Waals surface area contributed by atoms with Gasteiger partial charge in [0.25, 0.3) is 0 Å². The number of fused-ring (bicyclic) bond motifs is 2. The Kier molecular flexibility index (Phi) is 3.72. The number of rotatable bonds is 3. The molecule has 1 aromatic rings. The van der Waals surface area contributed by atoms with E-state index in [1.807, 2.05) is 0 Å². The number of nitrogens with one attached hydrogen (secondary N) is 1. The number of ether oxygens (including phenoxy) is 2. The Morgan fingerprint density at radius 3 is 3.00 bits per heavy atom. The van der Waals surface area contributed by atoms with E-state index in [0.717, 1.165) is 12.3 Å². The molecule has 1 unspecified atom stereocenters. The number of hydrogen-bond acceptors (Lipinski definition) is 8. The third kappa shape index (κ3) is 2.22. The van der Waals surface area contributed by atoms with Gasteiger partial charge in [0.1, 0.15) is 41.6 Å². The maximum absolute atomic E-state index is 13.1. The van der Waals surface area contributed by atoms with Crippen LogP contribution in [0.25, 0.3) is 0 Å². The predicted molar refractivity (Wildman–Crippen MR) is 69.0 cm³/mol. The van der Waals surface area contributed by atoms with Gasteiger partial charge in [-0.2, -0.15) is 5.26 Å². The monoisotopic (exact) mass is 311 g/mol. The molecule has 2 bridgehead atoms. The van der Waals surface area contributed by atoms with Crippen LogP contribution >= 0.6 is 0 Å². The second kappa shape index (κ2) is 5.42. The van der Waals surface area contributed by atoms with Crippen LogP contribution in [-0.2, 0) is 9.47 Å². The first kappa shape index (κ1) is 15.1. The maximum atomic E-state index is 13.1. The van der Waals surface area contributed by atoms with Crippen LogP contribution in [0, 0.1) is 17.1 Å². The van der Waals surface area contributed by atoms with Crippen molar-refractivity contribution in [1.29, 1.82) is 5.26 Å². The van der Waals surface area contributed by atoms with E-state index >= 15 is 0 Å². The average Bonchev–Trinajstić information content (AvgIpc) is 2.93. The summed E-state index contributed by atoms with van der Waals surface area (Å²) >= 11 is 0. The van der Waals surface area contributed by atoms with E-state index < -0.39 is 42.6 Å². The molecule has 3 heterocycles. The van der Waals surface area contributed by atoms with Crippen molar-refractivity contribution >= 4 is 5.82 Å². The van der Waals surface area contributed by atoms with E-state index in [9.17, 15) is 19.7 Å². The molecule has 5 atom stereocenters. The molecule has 22 heavy (non-hydrogen) atoms. The van der Waals surface area contributed by atoms with Crippen molar-refractivity contribution in [3.63, 3.8) is 0 Å². The molecule has 4 N–H and O–H groups in total. The standard InChI is InChI=1S/C13H14FN3O5/c14-7-1-6(2-15)11(16-3-7)17-8-9(19)10(20)13(4-18)5-21-12(8)22-13/h1,3,8-10,12,18-20H,4-5H2,(H,16,17)/t8-,9-,10-,12?,13+/m1/s1. The molecule has 1 aromatic heterocycles. The van der Waals surface area contributed by atoms with E-state index in [4.69, 9.17) is 14.7 Å². The first-order valence-electron chi connectivity index (χ1n) is 6.59. The van der Waals surface area contributed by atoms with Crippen molar-refractivity contribution in [3.8, 4) is 6.07 Å². The molecular formula is C13H14FN3O5. The number of nitriles is 1. The minimum atomic E-state index is -1.39. The van der Waals surface area contributed by atoms with Crippen LogP contribution in [0.4, 0.5) is 10.2 Å². The minimum absolute atomic E-state index is 0.0377. The number of halogens is 1. The second-order valence-electron chi connectivity index (χ2n) is 5.29. The summed E-state index contributed by atoms with van der Waals surface area (Å²) < 4.78 is 23.9. The first-order chi connectivity index (χ1) is 10.5. The van der Waals surface area contributed by atoms with Crippen LogP contribution in [-0.4, -0.2) is 63.7 Å². The lowest BCUT2D eigenvalue weighted by atomic mass is 9.88. The molecule has 118 valence electrons. The van der Waals surface area contributed by atoms with Crippen molar-refractivity contribution in [2.24, 2.45) is 0 Å². The summed E-state index contributed by atoms with van der Waals surface area (Å²) in [5.41, 5.74) is -1.42. The highest BCUT2D eigenvalue weighted by atomic mass is 19.1. The zero-order valence-electron chi connectivity index (χ0n) is 11.3. The summed E-state index contributed by atoms with van der Waals surface area (Å²) in [6.45, 7) is -0.584. The van der Waals surface area contributed by atoms with Crippen LogP contribution in [0.2, 0.25) is 0 Å². The predicted octanol–water partition coefficient (Wildman–Crippen LogP) is -1.29. The third-order valence-corrected chi connectivity index (χ3v) is 3.91. The SMILES string of the molecule is N#Cc1cc(F)cnc1N[C@H]1C2OC[C@](CO)(O2)[C@H](O)[C@@H]1O. The summed E-state index contributed by atoms with van der Waals surface area (Å²) in [4.78, 5) is 3.76. The summed E-state index contributed by atoms with van der Waals surface area (Å²) in [5.74, 6) is -0.630. The molecule has 2 aliphatic heterocycles. The van der Waals surface area contributed by atoms with Gasteiger partial charge in [-0.05, 0) is 6.07 Å². The van der Waals surface area contributed by atoms with Gasteiger partial charge < -0.3 is 30.1 Å². The molecule has 8 nitrogen and oxygen atoms in total. The summed E-state index contributed by atoms with van der Waals surface area (Å²) in [7, 11) is 0.